The number of benzene rings is 3. The molecule has 3 rings (SSSR count). The first-order chi connectivity index (χ1) is 14.4. The van der Waals surface area contributed by atoms with E-state index in [-0.39, 0.29) is 26.1 Å². The lowest BCUT2D eigenvalue weighted by molar-refractivity contribution is 0.595. The van der Waals surface area contributed by atoms with Gasteiger partial charge in [0.2, 0.25) is 9.84 Å². The van der Waals surface area contributed by atoms with Crippen LogP contribution in [0.5, 0.6) is 0 Å². The molecular formula is C18H14Cl2N2O6S3. The summed E-state index contributed by atoms with van der Waals surface area (Å²) in [4.78, 5) is -0.456. The Labute approximate surface area is 189 Å². The molecule has 0 heterocycles. The Kier molecular flexibility index (Phi) is 6.53. The van der Waals surface area contributed by atoms with Crippen molar-refractivity contribution in [3.8, 4) is 0 Å². The summed E-state index contributed by atoms with van der Waals surface area (Å²) in [6.45, 7) is 0. The second kappa shape index (κ2) is 8.67. The van der Waals surface area contributed by atoms with E-state index in [4.69, 9.17) is 22.3 Å². The maximum Gasteiger partial charge on any atom is 0.319 e. The van der Waals surface area contributed by atoms with Gasteiger partial charge in [0.15, 0.2) is 0 Å². The Morgan fingerprint density at radius 2 is 1.19 bits per heavy atom. The van der Waals surface area contributed by atoms with E-state index in [0.29, 0.717) is 5.02 Å². The van der Waals surface area contributed by atoms with Crippen LogP contribution in [-0.4, -0.2) is 25.3 Å². The lowest BCUT2D eigenvalue weighted by Crippen LogP contribution is -2.16. The van der Waals surface area contributed by atoms with E-state index >= 15 is 0 Å². The van der Waals surface area contributed by atoms with Gasteiger partial charge in [-0.3, -0.25) is 9.44 Å². The van der Waals surface area contributed by atoms with Crippen LogP contribution in [-0.2, 0) is 29.1 Å². The largest absolute Gasteiger partial charge is 0.319 e. The van der Waals surface area contributed by atoms with Gasteiger partial charge in [-0.05, 0) is 54.6 Å². The van der Waals surface area contributed by atoms with Crippen molar-refractivity contribution in [2.24, 2.45) is 0 Å². The van der Waals surface area contributed by atoms with Gasteiger partial charge in [-0.15, -0.1) is 0 Å². The lowest BCUT2D eigenvalue weighted by Gasteiger charge is -2.15. The minimum atomic E-state index is -4.38. The summed E-state index contributed by atoms with van der Waals surface area (Å²) >= 11 is 5.79. The first kappa shape index (κ1) is 23.4. The second-order valence-corrected chi connectivity index (χ2v) is 12.5. The topological polar surface area (TPSA) is 126 Å². The molecule has 2 N–H and O–H groups in total. The number of sulfone groups is 1. The smallest absolute Gasteiger partial charge is 0.277 e. The molecule has 0 bridgehead atoms. The van der Waals surface area contributed by atoms with Crippen LogP contribution in [0.3, 0.4) is 0 Å². The van der Waals surface area contributed by atoms with Crippen LogP contribution in [0, 0.1) is 0 Å². The zero-order valence-corrected chi connectivity index (χ0v) is 19.3. The summed E-state index contributed by atoms with van der Waals surface area (Å²) in [6, 6.07) is 15.9. The molecule has 0 unspecified atom stereocenters. The molecule has 13 heteroatoms. The number of nitrogens with one attached hydrogen (secondary N) is 2. The highest BCUT2D eigenvalue weighted by molar-refractivity contribution is 8.14. The summed E-state index contributed by atoms with van der Waals surface area (Å²) in [6.07, 6.45) is 0. The highest BCUT2D eigenvalue weighted by atomic mass is 35.7. The zero-order valence-electron chi connectivity index (χ0n) is 15.4. The quantitative estimate of drug-likeness (QED) is 0.455. The summed E-state index contributed by atoms with van der Waals surface area (Å²) in [5, 5.41) is 0.334. The molecule has 0 aliphatic carbocycles. The number of sulfonamides is 1. The monoisotopic (exact) mass is 520 g/mol. The first-order valence-corrected chi connectivity index (χ1v) is 14.0. The molecule has 0 saturated carbocycles. The second-order valence-electron chi connectivity index (χ2n) is 6.12. The molecule has 0 spiro atoms. The number of hydrogen-bond donors (Lipinski definition) is 2. The third kappa shape index (κ3) is 5.69. The van der Waals surface area contributed by atoms with Gasteiger partial charge in [-0.2, -0.15) is 8.42 Å². The van der Waals surface area contributed by atoms with Crippen LogP contribution in [0.2, 0.25) is 5.02 Å². The van der Waals surface area contributed by atoms with Gasteiger partial charge in [0.1, 0.15) is 0 Å². The first-order valence-electron chi connectivity index (χ1n) is 8.33. The molecule has 0 fully saturated rings. The van der Waals surface area contributed by atoms with E-state index < -0.39 is 29.1 Å². The van der Waals surface area contributed by atoms with Crippen LogP contribution in [0.1, 0.15) is 0 Å². The molecule has 3 aromatic rings. The number of rotatable bonds is 7. The fourth-order valence-electron chi connectivity index (χ4n) is 2.55. The van der Waals surface area contributed by atoms with Crippen molar-refractivity contribution in [3.05, 3.63) is 77.8 Å². The minimum absolute atomic E-state index is 0.0763. The predicted molar refractivity (Wildman–Crippen MR) is 119 cm³/mol. The molecule has 3 aromatic carbocycles. The molecule has 8 nitrogen and oxygen atoms in total. The van der Waals surface area contributed by atoms with Gasteiger partial charge in [-0.25, -0.2) is 16.8 Å². The Balaban J connectivity index is 2.08. The van der Waals surface area contributed by atoms with Crippen LogP contribution >= 0.6 is 22.3 Å². The number of anilines is 2. The van der Waals surface area contributed by atoms with Gasteiger partial charge in [-0.1, -0.05) is 29.8 Å². The van der Waals surface area contributed by atoms with Gasteiger partial charge < -0.3 is 0 Å². The average molecular weight is 521 g/mol. The van der Waals surface area contributed by atoms with Crippen molar-refractivity contribution in [1.29, 1.82) is 0 Å². The molecular weight excluding hydrogens is 507 g/mol. The van der Waals surface area contributed by atoms with Gasteiger partial charge in [0.25, 0.3) is 10.0 Å². The van der Waals surface area contributed by atoms with Crippen molar-refractivity contribution < 1.29 is 25.3 Å². The van der Waals surface area contributed by atoms with Crippen molar-refractivity contribution in [3.63, 3.8) is 0 Å². The lowest BCUT2D eigenvalue weighted by atomic mass is 10.3. The summed E-state index contributed by atoms with van der Waals surface area (Å²) in [5.41, 5.74) is -0.590. The standard InChI is InChI=1S/C18H14Cl2N2O6S3/c19-13-6-8-14(9-7-13)29(23,24)16-10-11-17(18(12-16)22-31(20,27)28)21-30(25,26)15-4-2-1-3-5-15/h1-12,21-22H. The molecule has 0 aliphatic rings. The molecule has 0 aliphatic heterocycles. The SMILES string of the molecule is O=S(=O)(Cl)Nc1cc(S(=O)(=O)c2ccc(Cl)cc2)ccc1NS(=O)(=O)c1ccccc1. The summed E-state index contributed by atoms with van der Waals surface area (Å²) in [7, 11) is -7.28. The molecule has 0 amide bonds. The maximum absolute atomic E-state index is 12.9. The number of halogens is 2. The summed E-state index contributed by atoms with van der Waals surface area (Å²) in [5.74, 6) is 0. The van der Waals surface area contributed by atoms with Gasteiger partial charge in [0.05, 0.1) is 26.1 Å². The van der Waals surface area contributed by atoms with E-state index in [1.807, 2.05) is 4.72 Å². The van der Waals surface area contributed by atoms with E-state index in [1.54, 1.807) is 6.07 Å². The van der Waals surface area contributed by atoms with Crippen molar-refractivity contribution in [2.75, 3.05) is 9.44 Å². The van der Waals surface area contributed by atoms with Gasteiger partial charge >= 0.3 is 9.24 Å². The van der Waals surface area contributed by atoms with E-state index in [0.717, 1.165) is 18.2 Å². The highest BCUT2D eigenvalue weighted by Crippen LogP contribution is 2.32. The molecule has 0 aromatic heterocycles. The van der Waals surface area contributed by atoms with E-state index in [2.05, 4.69) is 4.72 Å². The van der Waals surface area contributed by atoms with E-state index in [9.17, 15) is 25.3 Å². The third-order valence-electron chi connectivity index (χ3n) is 3.95. The molecule has 31 heavy (non-hydrogen) atoms. The normalized spacial score (nSPS) is 12.3. The minimum Gasteiger partial charge on any atom is -0.277 e. The Hall–Kier alpha value is -2.31. The molecule has 164 valence electrons. The Morgan fingerprint density at radius 1 is 0.613 bits per heavy atom. The molecule has 0 atom stereocenters. The molecule has 0 saturated heterocycles. The van der Waals surface area contributed by atoms with Crippen LogP contribution in [0.25, 0.3) is 0 Å². The van der Waals surface area contributed by atoms with Crippen LogP contribution in [0.4, 0.5) is 11.4 Å². The Morgan fingerprint density at radius 3 is 1.77 bits per heavy atom. The van der Waals surface area contributed by atoms with Crippen molar-refractivity contribution in [1.82, 2.24) is 0 Å². The zero-order chi connectivity index (χ0) is 22.9. The van der Waals surface area contributed by atoms with Crippen molar-refractivity contribution in [2.45, 2.75) is 14.7 Å². The van der Waals surface area contributed by atoms with Crippen molar-refractivity contribution >= 4 is 62.8 Å². The maximum atomic E-state index is 12.9. The van der Waals surface area contributed by atoms with Crippen LogP contribution < -0.4 is 9.44 Å². The van der Waals surface area contributed by atoms with Crippen LogP contribution in [0.15, 0.2) is 87.5 Å². The predicted octanol–water partition coefficient (Wildman–Crippen LogP) is 3.87. The van der Waals surface area contributed by atoms with E-state index in [1.165, 1.54) is 48.5 Å². The summed E-state index contributed by atoms with van der Waals surface area (Å²) < 4.78 is 78.3. The number of hydrogen-bond acceptors (Lipinski definition) is 6. The average Bonchev–Trinajstić information content (AvgIpc) is 2.69. The third-order valence-corrected chi connectivity index (χ3v) is 8.05. The fourth-order valence-corrected chi connectivity index (χ4v) is 5.74. The highest BCUT2D eigenvalue weighted by Gasteiger charge is 2.23. The Bertz CT molecular complexity index is 1430. The molecule has 0 radical (unpaired) electrons. The van der Waals surface area contributed by atoms with Gasteiger partial charge in [0, 0.05) is 15.7 Å². The fraction of sp³-hybridized carbons (Fsp3) is 0.